The van der Waals surface area contributed by atoms with Crippen LogP contribution < -0.4 is 5.73 Å². The van der Waals surface area contributed by atoms with Gasteiger partial charge in [0, 0.05) is 0 Å². The molecule has 0 spiro atoms. The average molecular weight is 216 g/mol. The summed E-state index contributed by atoms with van der Waals surface area (Å²) in [6.45, 7) is 0.359. The molecule has 0 aliphatic heterocycles. The lowest BCUT2D eigenvalue weighted by atomic mass is 10.1. The third-order valence-corrected chi connectivity index (χ3v) is 1.96. The fourth-order valence-electron chi connectivity index (χ4n) is 1.20. The van der Waals surface area contributed by atoms with Gasteiger partial charge in [-0.3, -0.25) is 10.1 Å². The van der Waals surface area contributed by atoms with Gasteiger partial charge in [-0.2, -0.15) is 4.39 Å². The van der Waals surface area contributed by atoms with Crippen LogP contribution in [0.3, 0.4) is 0 Å². The highest BCUT2D eigenvalue weighted by Crippen LogP contribution is 2.21. The summed E-state index contributed by atoms with van der Waals surface area (Å²) in [5.41, 5.74) is 4.49. The van der Waals surface area contributed by atoms with Crippen LogP contribution in [0.5, 0.6) is 0 Å². The smallest absolute Gasteiger partial charge is 0.307 e. The Morgan fingerprint density at radius 2 is 2.00 bits per heavy atom. The molecular weight excluding hydrogens is 206 g/mol. The molecule has 0 unspecified atom stereocenters. The summed E-state index contributed by atoms with van der Waals surface area (Å²) in [5, 5.41) is 10.3. The second kappa shape index (κ2) is 4.79. The van der Waals surface area contributed by atoms with E-state index in [4.69, 9.17) is 5.73 Å². The molecule has 0 radical (unpaired) electrons. The molecule has 0 amide bonds. The molecule has 1 aromatic carbocycles. The summed E-state index contributed by atoms with van der Waals surface area (Å²) in [6.07, 6.45) is 0.783. The van der Waals surface area contributed by atoms with Crippen molar-refractivity contribution in [2.24, 2.45) is 5.73 Å². The molecule has 1 rings (SSSR count). The largest absolute Gasteiger partial charge is 0.330 e. The highest BCUT2D eigenvalue weighted by Gasteiger charge is 2.17. The summed E-state index contributed by atoms with van der Waals surface area (Å²) in [5.74, 6) is -1.79. The van der Waals surface area contributed by atoms with E-state index in [-0.39, 0.29) is 12.0 Å². The Kier molecular flexibility index (Phi) is 3.68. The zero-order valence-electron chi connectivity index (χ0n) is 7.87. The number of hydrogen-bond donors (Lipinski definition) is 1. The van der Waals surface area contributed by atoms with Crippen LogP contribution in [0.15, 0.2) is 12.1 Å². The number of rotatable bonds is 4. The van der Waals surface area contributed by atoms with E-state index in [1.54, 1.807) is 0 Å². The van der Waals surface area contributed by atoms with E-state index >= 15 is 0 Å². The number of aryl methyl sites for hydroxylation is 1. The molecule has 0 aromatic heterocycles. The predicted molar refractivity (Wildman–Crippen MR) is 50.4 cm³/mol. The maximum atomic E-state index is 13.2. The summed E-state index contributed by atoms with van der Waals surface area (Å²) >= 11 is 0. The van der Waals surface area contributed by atoms with Crippen molar-refractivity contribution >= 4 is 5.69 Å². The molecule has 0 aliphatic carbocycles. The summed E-state index contributed by atoms with van der Waals surface area (Å²) in [6, 6.07) is 1.45. The first kappa shape index (κ1) is 11.5. The van der Waals surface area contributed by atoms with Crippen molar-refractivity contribution in [3.8, 4) is 0 Å². The van der Waals surface area contributed by atoms with E-state index in [2.05, 4.69) is 0 Å². The molecule has 0 saturated carbocycles. The van der Waals surface area contributed by atoms with E-state index in [9.17, 15) is 18.9 Å². The van der Waals surface area contributed by atoms with Gasteiger partial charge in [-0.15, -0.1) is 0 Å². The van der Waals surface area contributed by atoms with Gasteiger partial charge >= 0.3 is 5.69 Å². The van der Waals surface area contributed by atoms with Crippen molar-refractivity contribution in [1.82, 2.24) is 0 Å². The Bertz CT molecular complexity index is 383. The fraction of sp³-hybridized carbons (Fsp3) is 0.333. The SMILES string of the molecule is NCCCc1cc(F)c([N+](=O)[O-])cc1F. The van der Waals surface area contributed by atoms with Gasteiger partial charge in [0.05, 0.1) is 11.0 Å². The zero-order valence-corrected chi connectivity index (χ0v) is 7.87. The van der Waals surface area contributed by atoms with Crippen LogP contribution in [-0.2, 0) is 6.42 Å². The van der Waals surface area contributed by atoms with Crippen LogP contribution >= 0.6 is 0 Å². The minimum atomic E-state index is -1.02. The maximum Gasteiger partial charge on any atom is 0.307 e. The van der Waals surface area contributed by atoms with E-state index in [1.165, 1.54) is 0 Å². The van der Waals surface area contributed by atoms with E-state index in [0.29, 0.717) is 19.0 Å². The summed E-state index contributed by atoms with van der Waals surface area (Å²) in [7, 11) is 0. The number of nitrogens with zero attached hydrogens (tertiary/aromatic N) is 1. The molecule has 1 aromatic rings. The van der Waals surface area contributed by atoms with Crippen LogP contribution in [0.2, 0.25) is 0 Å². The second-order valence-electron chi connectivity index (χ2n) is 3.04. The van der Waals surface area contributed by atoms with Crippen LogP contribution in [0, 0.1) is 21.7 Å². The Balaban J connectivity index is 3.02. The Labute approximate surface area is 84.9 Å². The molecule has 0 fully saturated rings. The fourth-order valence-corrected chi connectivity index (χ4v) is 1.20. The average Bonchev–Trinajstić information content (AvgIpc) is 2.18. The molecule has 0 atom stereocenters. The van der Waals surface area contributed by atoms with Crippen molar-refractivity contribution in [2.75, 3.05) is 6.54 Å². The standard InChI is InChI=1S/C9H10F2N2O2/c10-7-5-9(13(14)15)8(11)4-6(7)2-1-3-12/h4-5H,1-3,12H2. The van der Waals surface area contributed by atoms with Crippen molar-refractivity contribution in [1.29, 1.82) is 0 Å². The number of hydrogen-bond acceptors (Lipinski definition) is 3. The molecule has 0 saturated heterocycles. The van der Waals surface area contributed by atoms with Crippen molar-refractivity contribution in [3.63, 3.8) is 0 Å². The first-order valence-electron chi connectivity index (χ1n) is 4.38. The van der Waals surface area contributed by atoms with Crippen LogP contribution in [0.4, 0.5) is 14.5 Å². The van der Waals surface area contributed by atoms with Gasteiger partial charge in [-0.1, -0.05) is 0 Å². The lowest BCUT2D eigenvalue weighted by Gasteiger charge is -2.02. The van der Waals surface area contributed by atoms with Gasteiger partial charge in [0.2, 0.25) is 5.82 Å². The molecule has 4 nitrogen and oxygen atoms in total. The van der Waals surface area contributed by atoms with Crippen molar-refractivity contribution in [2.45, 2.75) is 12.8 Å². The first-order valence-corrected chi connectivity index (χ1v) is 4.38. The third-order valence-electron chi connectivity index (χ3n) is 1.96. The van der Waals surface area contributed by atoms with Gasteiger partial charge in [0.15, 0.2) is 0 Å². The minimum Gasteiger partial charge on any atom is -0.330 e. The number of nitrogens with two attached hydrogens (primary N) is 1. The quantitative estimate of drug-likeness (QED) is 0.615. The third kappa shape index (κ3) is 2.69. The molecule has 15 heavy (non-hydrogen) atoms. The number of benzene rings is 1. The van der Waals surface area contributed by atoms with E-state index in [0.717, 1.165) is 6.07 Å². The van der Waals surface area contributed by atoms with Crippen LogP contribution in [-0.4, -0.2) is 11.5 Å². The maximum absolute atomic E-state index is 13.2. The molecule has 0 bridgehead atoms. The number of nitro groups is 1. The lowest BCUT2D eigenvalue weighted by molar-refractivity contribution is -0.387. The normalized spacial score (nSPS) is 10.3. The Morgan fingerprint density at radius 3 is 2.53 bits per heavy atom. The lowest BCUT2D eigenvalue weighted by Crippen LogP contribution is -2.03. The topological polar surface area (TPSA) is 69.2 Å². The molecular formula is C9H10F2N2O2. The first-order chi connectivity index (χ1) is 7.06. The monoisotopic (exact) mass is 216 g/mol. The van der Waals surface area contributed by atoms with Crippen molar-refractivity contribution in [3.05, 3.63) is 39.4 Å². The van der Waals surface area contributed by atoms with E-state index in [1.807, 2.05) is 0 Å². The minimum absolute atomic E-state index is 0.114. The Hall–Kier alpha value is -1.56. The highest BCUT2D eigenvalue weighted by atomic mass is 19.1. The van der Waals surface area contributed by atoms with Crippen LogP contribution in [0.25, 0.3) is 0 Å². The molecule has 2 N–H and O–H groups in total. The van der Waals surface area contributed by atoms with Crippen molar-refractivity contribution < 1.29 is 13.7 Å². The van der Waals surface area contributed by atoms with E-state index < -0.39 is 22.2 Å². The number of nitro benzene ring substituents is 1. The zero-order chi connectivity index (χ0) is 11.4. The van der Waals surface area contributed by atoms with Gasteiger partial charge in [0.1, 0.15) is 5.82 Å². The molecule has 0 heterocycles. The summed E-state index contributed by atoms with van der Waals surface area (Å²) in [4.78, 5) is 9.32. The summed E-state index contributed by atoms with van der Waals surface area (Å²) < 4.78 is 26.3. The van der Waals surface area contributed by atoms with Gasteiger partial charge in [-0.25, -0.2) is 4.39 Å². The highest BCUT2D eigenvalue weighted by molar-refractivity contribution is 5.36. The van der Waals surface area contributed by atoms with Gasteiger partial charge < -0.3 is 5.73 Å². The molecule has 82 valence electrons. The predicted octanol–water partition coefficient (Wildman–Crippen LogP) is 1.76. The second-order valence-corrected chi connectivity index (χ2v) is 3.04. The molecule has 0 aliphatic rings. The Morgan fingerprint density at radius 1 is 1.33 bits per heavy atom. The van der Waals surface area contributed by atoms with Gasteiger partial charge in [0.25, 0.3) is 0 Å². The molecule has 6 heteroatoms. The number of halogens is 2. The van der Waals surface area contributed by atoms with Crippen LogP contribution in [0.1, 0.15) is 12.0 Å². The van der Waals surface area contributed by atoms with Gasteiger partial charge in [-0.05, 0) is 31.0 Å².